The molecule has 1 aromatic rings. The summed E-state index contributed by atoms with van der Waals surface area (Å²) in [5.41, 5.74) is 0.544. The first-order valence-corrected chi connectivity index (χ1v) is 5.99. The average Bonchev–Trinajstić information content (AvgIpc) is 2.75. The summed E-state index contributed by atoms with van der Waals surface area (Å²) in [6, 6.07) is 0. The fourth-order valence-electron chi connectivity index (χ4n) is 2.57. The van der Waals surface area contributed by atoms with Crippen molar-refractivity contribution < 1.29 is 14.0 Å². The second-order valence-corrected chi connectivity index (χ2v) is 4.97. The second-order valence-electron chi connectivity index (χ2n) is 4.97. The van der Waals surface area contributed by atoms with Crippen molar-refractivity contribution in [1.29, 1.82) is 0 Å². The van der Waals surface area contributed by atoms with Crippen LogP contribution in [0.25, 0.3) is 0 Å². The molecule has 0 aliphatic carbocycles. The van der Waals surface area contributed by atoms with Crippen LogP contribution in [0.3, 0.4) is 0 Å². The van der Waals surface area contributed by atoms with E-state index in [1.807, 2.05) is 7.05 Å². The van der Waals surface area contributed by atoms with E-state index in [1.54, 1.807) is 0 Å². The number of amides is 1. The maximum absolute atomic E-state index is 12.2. The largest absolute Gasteiger partial charge is 0.457 e. The minimum Gasteiger partial charge on any atom is -0.457 e. The molecule has 1 spiro atoms. The topological polar surface area (TPSA) is 74.6 Å². The predicted octanol–water partition coefficient (Wildman–Crippen LogP) is 0.920. The van der Waals surface area contributed by atoms with Gasteiger partial charge in [-0.25, -0.2) is 0 Å². The molecule has 0 atom stereocenters. The highest BCUT2D eigenvalue weighted by atomic mass is 16.3. The van der Waals surface area contributed by atoms with Crippen LogP contribution < -0.4 is 10.6 Å². The Bertz CT molecular complexity index is 501. The third-order valence-electron chi connectivity index (χ3n) is 3.81. The van der Waals surface area contributed by atoms with Crippen LogP contribution in [-0.4, -0.2) is 42.8 Å². The van der Waals surface area contributed by atoms with E-state index >= 15 is 0 Å². The molecule has 18 heavy (non-hydrogen) atoms. The zero-order valence-corrected chi connectivity index (χ0v) is 10.2. The number of carbonyl (C=O) groups excluding carboxylic acids is 2. The second kappa shape index (κ2) is 3.84. The number of fused-ring (bicyclic) bond motifs is 1. The van der Waals surface area contributed by atoms with Crippen molar-refractivity contribution in [2.24, 2.45) is 0 Å². The number of rotatable bonds is 1. The summed E-state index contributed by atoms with van der Waals surface area (Å²) in [6.45, 7) is 1.70. The van der Waals surface area contributed by atoms with E-state index in [0.717, 1.165) is 25.9 Å². The smallest absolute Gasteiger partial charge is 0.250 e. The van der Waals surface area contributed by atoms with E-state index in [0.29, 0.717) is 17.7 Å². The van der Waals surface area contributed by atoms with Crippen molar-refractivity contribution in [1.82, 2.24) is 4.90 Å². The number of nitrogens with zero attached hydrogens (tertiary/aromatic N) is 1. The third-order valence-corrected chi connectivity index (χ3v) is 3.81. The van der Waals surface area contributed by atoms with Crippen LogP contribution in [0, 0.1) is 0 Å². The molecule has 1 amide bonds. The molecule has 6 nitrogen and oxygen atoms in total. The van der Waals surface area contributed by atoms with Gasteiger partial charge in [0.15, 0.2) is 12.0 Å². The summed E-state index contributed by atoms with van der Waals surface area (Å²) in [7, 11) is 2.04. The van der Waals surface area contributed by atoms with E-state index in [-0.39, 0.29) is 11.7 Å². The molecule has 2 N–H and O–H groups in total. The molecule has 2 aliphatic heterocycles. The Kier molecular flexibility index (Phi) is 2.41. The van der Waals surface area contributed by atoms with Gasteiger partial charge in [0.05, 0.1) is 0 Å². The van der Waals surface area contributed by atoms with Gasteiger partial charge in [0.1, 0.15) is 23.2 Å². The predicted molar refractivity (Wildman–Crippen MR) is 65.8 cm³/mol. The molecule has 3 heterocycles. The normalized spacial score (nSPS) is 22.2. The van der Waals surface area contributed by atoms with Crippen LogP contribution in [0.2, 0.25) is 0 Å². The molecule has 0 bridgehead atoms. The van der Waals surface area contributed by atoms with Gasteiger partial charge in [-0.2, -0.15) is 0 Å². The Morgan fingerprint density at radius 3 is 2.83 bits per heavy atom. The van der Waals surface area contributed by atoms with Crippen LogP contribution in [-0.2, 0) is 4.79 Å². The Hall–Kier alpha value is -1.82. The zero-order chi connectivity index (χ0) is 12.8. The van der Waals surface area contributed by atoms with Gasteiger partial charge in [-0.05, 0) is 19.9 Å². The van der Waals surface area contributed by atoms with Crippen molar-refractivity contribution in [3.8, 4) is 0 Å². The van der Waals surface area contributed by atoms with Crippen LogP contribution in [0.15, 0.2) is 10.7 Å². The molecular weight excluding hydrogens is 234 g/mol. The Morgan fingerprint density at radius 1 is 1.44 bits per heavy atom. The van der Waals surface area contributed by atoms with E-state index in [2.05, 4.69) is 15.5 Å². The first-order chi connectivity index (χ1) is 8.64. The molecule has 1 fully saturated rings. The van der Waals surface area contributed by atoms with Crippen molar-refractivity contribution >= 4 is 23.6 Å². The highest BCUT2D eigenvalue weighted by Crippen LogP contribution is 2.38. The monoisotopic (exact) mass is 249 g/mol. The van der Waals surface area contributed by atoms with Gasteiger partial charge < -0.3 is 20.0 Å². The Morgan fingerprint density at radius 2 is 2.17 bits per heavy atom. The van der Waals surface area contributed by atoms with Gasteiger partial charge in [0.2, 0.25) is 5.91 Å². The first kappa shape index (κ1) is 11.3. The van der Waals surface area contributed by atoms with Gasteiger partial charge in [0.25, 0.3) is 0 Å². The SMILES string of the molecule is CN1CCC2(CC1)Nc1c(coc1C=O)NC2=O. The lowest BCUT2D eigenvalue weighted by Gasteiger charge is -2.42. The summed E-state index contributed by atoms with van der Waals surface area (Å²) < 4.78 is 5.11. The summed E-state index contributed by atoms with van der Waals surface area (Å²) in [5, 5.41) is 6.04. The van der Waals surface area contributed by atoms with E-state index in [4.69, 9.17) is 4.42 Å². The number of aldehydes is 1. The molecule has 0 aromatic carbocycles. The van der Waals surface area contributed by atoms with E-state index in [9.17, 15) is 9.59 Å². The minimum atomic E-state index is -0.610. The van der Waals surface area contributed by atoms with Gasteiger partial charge >= 0.3 is 0 Å². The quantitative estimate of drug-likeness (QED) is 0.724. The number of carbonyl (C=O) groups is 2. The number of likely N-dealkylation sites (tertiary alicyclic amines) is 1. The fraction of sp³-hybridized carbons (Fsp3) is 0.500. The molecule has 2 aliphatic rings. The maximum atomic E-state index is 12.2. The molecule has 0 unspecified atom stereocenters. The lowest BCUT2D eigenvalue weighted by Crippen LogP contribution is -2.57. The van der Waals surface area contributed by atoms with Gasteiger partial charge in [-0.1, -0.05) is 0 Å². The standard InChI is InChI=1S/C12H15N3O3/c1-15-4-2-12(3-5-15)11(17)13-8-7-18-9(6-16)10(8)14-12/h6-7,14H,2-5H2,1H3,(H,13,17). The molecule has 3 rings (SSSR count). The maximum Gasteiger partial charge on any atom is 0.250 e. The summed E-state index contributed by atoms with van der Waals surface area (Å²) >= 11 is 0. The van der Waals surface area contributed by atoms with Crippen molar-refractivity contribution in [2.75, 3.05) is 30.8 Å². The summed E-state index contributed by atoms with van der Waals surface area (Å²) in [6.07, 6.45) is 3.49. The lowest BCUT2D eigenvalue weighted by molar-refractivity contribution is -0.122. The van der Waals surface area contributed by atoms with E-state index in [1.165, 1.54) is 6.26 Å². The summed E-state index contributed by atoms with van der Waals surface area (Å²) in [4.78, 5) is 25.3. The average molecular weight is 249 g/mol. The fourth-order valence-corrected chi connectivity index (χ4v) is 2.57. The van der Waals surface area contributed by atoms with Gasteiger partial charge in [0, 0.05) is 13.1 Å². The molecule has 96 valence electrons. The number of furan rings is 1. The van der Waals surface area contributed by atoms with Gasteiger partial charge in [-0.3, -0.25) is 9.59 Å². The number of hydrogen-bond donors (Lipinski definition) is 2. The van der Waals surface area contributed by atoms with Crippen LogP contribution >= 0.6 is 0 Å². The Balaban J connectivity index is 1.95. The van der Waals surface area contributed by atoms with Crippen molar-refractivity contribution in [2.45, 2.75) is 18.4 Å². The Labute approximate surface area is 104 Å². The molecule has 0 saturated carbocycles. The van der Waals surface area contributed by atoms with Crippen LogP contribution in [0.4, 0.5) is 11.4 Å². The van der Waals surface area contributed by atoms with E-state index < -0.39 is 5.54 Å². The highest BCUT2D eigenvalue weighted by Gasteiger charge is 2.45. The number of anilines is 2. The molecule has 0 radical (unpaired) electrons. The van der Waals surface area contributed by atoms with Gasteiger partial charge in [-0.15, -0.1) is 0 Å². The number of nitrogens with one attached hydrogen (secondary N) is 2. The van der Waals surface area contributed by atoms with Crippen molar-refractivity contribution in [3.63, 3.8) is 0 Å². The number of piperidine rings is 1. The number of hydrogen-bond acceptors (Lipinski definition) is 5. The van der Waals surface area contributed by atoms with Crippen LogP contribution in [0.5, 0.6) is 0 Å². The third kappa shape index (κ3) is 1.53. The summed E-state index contributed by atoms with van der Waals surface area (Å²) in [5.74, 6) is 0.199. The zero-order valence-electron chi connectivity index (χ0n) is 10.2. The molecule has 6 heteroatoms. The first-order valence-electron chi connectivity index (χ1n) is 5.99. The highest BCUT2D eigenvalue weighted by molar-refractivity contribution is 6.08. The van der Waals surface area contributed by atoms with Crippen LogP contribution in [0.1, 0.15) is 23.4 Å². The molecule has 1 aromatic heterocycles. The lowest BCUT2D eigenvalue weighted by atomic mass is 9.85. The molecular formula is C12H15N3O3. The molecule has 1 saturated heterocycles. The minimum absolute atomic E-state index is 0.0404. The van der Waals surface area contributed by atoms with Crippen molar-refractivity contribution in [3.05, 3.63) is 12.0 Å².